The van der Waals surface area contributed by atoms with Gasteiger partial charge in [0.15, 0.2) is 0 Å². The SMILES string of the molecule is C=CCN(CC1COCC1N)C1CC1. The molecule has 0 amide bonds. The van der Waals surface area contributed by atoms with Crippen molar-refractivity contribution in [2.45, 2.75) is 24.9 Å². The summed E-state index contributed by atoms with van der Waals surface area (Å²) in [6.07, 6.45) is 4.67. The van der Waals surface area contributed by atoms with Crippen LogP contribution in [0.5, 0.6) is 0 Å². The second kappa shape index (κ2) is 4.43. The summed E-state index contributed by atoms with van der Waals surface area (Å²) in [5.41, 5.74) is 5.97. The topological polar surface area (TPSA) is 38.5 Å². The molecule has 3 nitrogen and oxygen atoms in total. The normalized spacial score (nSPS) is 32.4. The fraction of sp³-hybridized carbons (Fsp3) is 0.818. The highest BCUT2D eigenvalue weighted by Crippen LogP contribution is 2.28. The molecule has 0 aromatic heterocycles. The van der Waals surface area contributed by atoms with Gasteiger partial charge in [0.1, 0.15) is 0 Å². The standard InChI is InChI=1S/C11H20N2O/c1-2-5-13(10-3-4-10)6-9-7-14-8-11(9)12/h2,9-11H,1,3-8,12H2. The highest BCUT2D eigenvalue weighted by atomic mass is 16.5. The van der Waals surface area contributed by atoms with Gasteiger partial charge in [-0.2, -0.15) is 0 Å². The van der Waals surface area contributed by atoms with Gasteiger partial charge in [-0.25, -0.2) is 0 Å². The molecular weight excluding hydrogens is 176 g/mol. The molecule has 1 heterocycles. The minimum atomic E-state index is 0.237. The second-order valence-electron chi connectivity index (χ2n) is 4.44. The second-order valence-corrected chi connectivity index (χ2v) is 4.44. The van der Waals surface area contributed by atoms with Crippen molar-refractivity contribution >= 4 is 0 Å². The maximum Gasteiger partial charge on any atom is 0.0621 e. The largest absolute Gasteiger partial charge is 0.379 e. The summed E-state index contributed by atoms with van der Waals surface area (Å²) in [4.78, 5) is 2.49. The Labute approximate surface area is 85.9 Å². The first-order valence-electron chi connectivity index (χ1n) is 5.49. The summed E-state index contributed by atoms with van der Waals surface area (Å²) in [7, 11) is 0. The maximum atomic E-state index is 5.97. The molecular formula is C11H20N2O. The van der Waals surface area contributed by atoms with Crippen molar-refractivity contribution in [2.75, 3.05) is 26.3 Å². The number of ether oxygens (including phenoxy) is 1. The van der Waals surface area contributed by atoms with E-state index in [9.17, 15) is 0 Å². The van der Waals surface area contributed by atoms with Crippen molar-refractivity contribution in [3.8, 4) is 0 Å². The average Bonchev–Trinajstić information content (AvgIpc) is 2.93. The number of nitrogens with two attached hydrogens (primary N) is 1. The Bertz CT molecular complexity index is 203. The molecule has 80 valence electrons. The number of hydrogen-bond donors (Lipinski definition) is 1. The van der Waals surface area contributed by atoms with Gasteiger partial charge in [0.2, 0.25) is 0 Å². The predicted octanol–water partition coefficient (Wildman–Crippen LogP) is 0.610. The van der Waals surface area contributed by atoms with E-state index in [1.54, 1.807) is 0 Å². The van der Waals surface area contributed by atoms with Crippen LogP contribution in [0.25, 0.3) is 0 Å². The highest BCUT2D eigenvalue weighted by molar-refractivity contribution is 4.91. The van der Waals surface area contributed by atoms with Crippen LogP contribution >= 0.6 is 0 Å². The minimum absolute atomic E-state index is 0.237. The molecule has 2 rings (SSSR count). The summed E-state index contributed by atoms with van der Waals surface area (Å²) < 4.78 is 5.37. The van der Waals surface area contributed by atoms with Crippen LogP contribution in [-0.2, 0) is 4.74 Å². The van der Waals surface area contributed by atoms with Gasteiger partial charge in [0, 0.05) is 31.1 Å². The molecule has 3 heteroatoms. The quantitative estimate of drug-likeness (QED) is 0.655. The third kappa shape index (κ3) is 2.35. The molecule has 2 unspecified atom stereocenters. The van der Waals surface area contributed by atoms with E-state index in [2.05, 4.69) is 11.5 Å². The summed E-state index contributed by atoms with van der Waals surface area (Å²) in [5, 5.41) is 0. The van der Waals surface area contributed by atoms with E-state index in [1.807, 2.05) is 6.08 Å². The summed E-state index contributed by atoms with van der Waals surface area (Å²) >= 11 is 0. The van der Waals surface area contributed by atoms with Gasteiger partial charge in [-0.3, -0.25) is 4.90 Å². The number of rotatable bonds is 5. The average molecular weight is 196 g/mol. The van der Waals surface area contributed by atoms with Crippen LogP contribution in [-0.4, -0.2) is 43.3 Å². The first kappa shape index (κ1) is 10.1. The molecule has 1 saturated carbocycles. The van der Waals surface area contributed by atoms with E-state index < -0.39 is 0 Å². The van der Waals surface area contributed by atoms with Gasteiger partial charge in [0.05, 0.1) is 13.2 Å². The first-order chi connectivity index (χ1) is 6.81. The molecule has 0 aromatic rings. The third-order valence-corrected chi connectivity index (χ3v) is 3.14. The van der Waals surface area contributed by atoms with Crippen molar-refractivity contribution in [3.63, 3.8) is 0 Å². The molecule has 14 heavy (non-hydrogen) atoms. The van der Waals surface area contributed by atoms with Gasteiger partial charge >= 0.3 is 0 Å². The van der Waals surface area contributed by atoms with Gasteiger partial charge in [-0.1, -0.05) is 6.08 Å². The Morgan fingerprint density at radius 3 is 2.71 bits per heavy atom. The van der Waals surface area contributed by atoms with E-state index in [1.165, 1.54) is 12.8 Å². The summed E-state index contributed by atoms with van der Waals surface area (Å²) in [6.45, 7) is 7.44. The van der Waals surface area contributed by atoms with Crippen LogP contribution in [0.1, 0.15) is 12.8 Å². The zero-order valence-corrected chi connectivity index (χ0v) is 8.69. The fourth-order valence-electron chi connectivity index (χ4n) is 2.08. The Morgan fingerprint density at radius 1 is 1.43 bits per heavy atom. The van der Waals surface area contributed by atoms with Crippen LogP contribution in [0.3, 0.4) is 0 Å². The lowest BCUT2D eigenvalue weighted by Crippen LogP contribution is -2.39. The van der Waals surface area contributed by atoms with E-state index in [0.29, 0.717) is 5.92 Å². The minimum Gasteiger partial charge on any atom is -0.379 e. The summed E-state index contributed by atoms with van der Waals surface area (Å²) in [5.74, 6) is 0.524. The van der Waals surface area contributed by atoms with E-state index in [0.717, 1.165) is 32.3 Å². The smallest absolute Gasteiger partial charge is 0.0621 e. The van der Waals surface area contributed by atoms with Gasteiger partial charge < -0.3 is 10.5 Å². The predicted molar refractivity (Wildman–Crippen MR) is 57.1 cm³/mol. The van der Waals surface area contributed by atoms with Gasteiger partial charge in [0.25, 0.3) is 0 Å². The molecule has 2 N–H and O–H groups in total. The Kier molecular flexibility index (Phi) is 3.21. The van der Waals surface area contributed by atoms with Crippen LogP contribution in [0.4, 0.5) is 0 Å². The van der Waals surface area contributed by atoms with Crippen LogP contribution in [0.15, 0.2) is 12.7 Å². The lowest BCUT2D eigenvalue weighted by molar-refractivity contribution is 0.168. The van der Waals surface area contributed by atoms with Crippen LogP contribution < -0.4 is 5.73 Å². The molecule has 1 aliphatic heterocycles. The number of nitrogens with zero attached hydrogens (tertiary/aromatic N) is 1. The lowest BCUT2D eigenvalue weighted by atomic mass is 10.0. The Hall–Kier alpha value is -0.380. The highest BCUT2D eigenvalue weighted by Gasteiger charge is 2.33. The van der Waals surface area contributed by atoms with Crippen molar-refractivity contribution in [2.24, 2.45) is 11.7 Å². The molecule has 0 aromatic carbocycles. The van der Waals surface area contributed by atoms with Gasteiger partial charge in [-0.05, 0) is 12.8 Å². The molecule has 1 aliphatic carbocycles. The molecule has 0 bridgehead atoms. The first-order valence-corrected chi connectivity index (χ1v) is 5.49. The van der Waals surface area contributed by atoms with E-state index >= 15 is 0 Å². The third-order valence-electron chi connectivity index (χ3n) is 3.14. The summed E-state index contributed by atoms with van der Waals surface area (Å²) in [6, 6.07) is 1.03. The molecule has 2 fully saturated rings. The lowest BCUT2D eigenvalue weighted by Gasteiger charge is -2.25. The molecule has 1 saturated heterocycles. The van der Waals surface area contributed by atoms with Crippen LogP contribution in [0.2, 0.25) is 0 Å². The van der Waals surface area contributed by atoms with Crippen LogP contribution in [0, 0.1) is 5.92 Å². The van der Waals surface area contributed by atoms with Crippen molar-refractivity contribution in [1.82, 2.24) is 4.90 Å². The Morgan fingerprint density at radius 2 is 2.21 bits per heavy atom. The molecule has 2 atom stereocenters. The number of hydrogen-bond acceptors (Lipinski definition) is 3. The molecule has 0 spiro atoms. The van der Waals surface area contributed by atoms with Crippen molar-refractivity contribution in [1.29, 1.82) is 0 Å². The molecule has 2 aliphatic rings. The van der Waals surface area contributed by atoms with Crippen molar-refractivity contribution in [3.05, 3.63) is 12.7 Å². The monoisotopic (exact) mass is 196 g/mol. The van der Waals surface area contributed by atoms with Crippen molar-refractivity contribution < 1.29 is 4.74 Å². The Balaban J connectivity index is 1.82. The van der Waals surface area contributed by atoms with Gasteiger partial charge in [-0.15, -0.1) is 6.58 Å². The zero-order valence-electron chi connectivity index (χ0n) is 8.69. The van der Waals surface area contributed by atoms with E-state index in [4.69, 9.17) is 10.5 Å². The zero-order chi connectivity index (χ0) is 9.97. The fourth-order valence-corrected chi connectivity index (χ4v) is 2.08. The van der Waals surface area contributed by atoms with E-state index in [-0.39, 0.29) is 6.04 Å². The molecule has 0 radical (unpaired) electrons. The maximum absolute atomic E-state index is 5.97.